The molecule has 1 heterocycles. The van der Waals surface area contributed by atoms with Crippen LogP contribution in [0.2, 0.25) is 0 Å². The first-order valence-electron chi connectivity index (χ1n) is 9.63. The molecule has 1 fully saturated rings. The van der Waals surface area contributed by atoms with Gasteiger partial charge in [-0.15, -0.1) is 0 Å². The van der Waals surface area contributed by atoms with Crippen LogP contribution in [0.5, 0.6) is 34.5 Å². The van der Waals surface area contributed by atoms with Crippen LogP contribution in [0.1, 0.15) is 12.0 Å². The molecule has 2 aromatic carbocycles. The van der Waals surface area contributed by atoms with Gasteiger partial charge in [0.15, 0.2) is 23.0 Å². The number of ether oxygens (including phenoxy) is 6. The predicted molar refractivity (Wildman–Crippen MR) is 117 cm³/mol. The van der Waals surface area contributed by atoms with Crippen LogP contribution >= 0.6 is 0 Å². The van der Waals surface area contributed by atoms with Crippen molar-refractivity contribution in [3.05, 3.63) is 35.4 Å². The van der Waals surface area contributed by atoms with Crippen LogP contribution < -0.4 is 33.3 Å². The van der Waals surface area contributed by atoms with Gasteiger partial charge in [0.1, 0.15) is 0 Å². The zero-order valence-corrected chi connectivity index (χ0v) is 18.6. The fourth-order valence-electron chi connectivity index (χ4n) is 3.60. The zero-order valence-electron chi connectivity index (χ0n) is 18.6. The van der Waals surface area contributed by atoms with Gasteiger partial charge in [0.2, 0.25) is 11.5 Å². The van der Waals surface area contributed by atoms with Crippen LogP contribution in [0.25, 0.3) is 6.08 Å². The smallest absolute Gasteiger partial charge is 0.254 e. The lowest BCUT2D eigenvalue weighted by Crippen LogP contribution is -2.24. The number of nitrogens with zero attached hydrogens (tertiary/aromatic N) is 1. The zero-order chi connectivity index (χ0) is 22.5. The summed E-state index contributed by atoms with van der Waals surface area (Å²) in [4.78, 5) is 14.8. The first-order chi connectivity index (χ1) is 15.0. The number of amides is 1. The first kappa shape index (κ1) is 22.1. The Morgan fingerprint density at radius 1 is 0.710 bits per heavy atom. The second-order valence-corrected chi connectivity index (χ2v) is 6.72. The minimum atomic E-state index is -0.0944. The highest BCUT2D eigenvalue weighted by Crippen LogP contribution is 2.43. The van der Waals surface area contributed by atoms with Crippen molar-refractivity contribution in [1.82, 2.24) is 0 Å². The monoisotopic (exact) mass is 429 g/mol. The third-order valence-corrected chi connectivity index (χ3v) is 5.11. The highest BCUT2D eigenvalue weighted by atomic mass is 16.5. The summed E-state index contributed by atoms with van der Waals surface area (Å²) in [6.07, 6.45) is 2.43. The SMILES string of the molecule is COc1cc(/C=C2/CCN(c3cc(OC)c(OC)c(OC)c3)C2=O)cc(OC)c1OC. The van der Waals surface area contributed by atoms with Crippen molar-refractivity contribution >= 4 is 17.7 Å². The van der Waals surface area contributed by atoms with E-state index in [9.17, 15) is 4.79 Å². The standard InChI is InChI=1S/C23H27NO7/c1-26-17-10-14(11-18(27-2)21(17)30-5)9-15-7-8-24(23(15)25)16-12-19(28-3)22(31-6)20(13-16)29-4/h9-13H,7-8H2,1-6H3/b15-9-. The van der Waals surface area contributed by atoms with E-state index in [-0.39, 0.29) is 5.91 Å². The van der Waals surface area contributed by atoms with Gasteiger partial charge >= 0.3 is 0 Å². The number of hydrogen-bond donors (Lipinski definition) is 0. The van der Waals surface area contributed by atoms with E-state index in [1.807, 2.05) is 18.2 Å². The molecule has 0 atom stereocenters. The molecular weight excluding hydrogens is 402 g/mol. The number of rotatable bonds is 8. The summed E-state index contributed by atoms with van der Waals surface area (Å²) < 4.78 is 32.4. The molecule has 0 saturated carbocycles. The van der Waals surface area contributed by atoms with E-state index < -0.39 is 0 Å². The van der Waals surface area contributed by atoms with Gasteiger partial charge in [-0.3, -0.25) is 4.79 Å². The maximum absolute atomic E-state index is 13.2. The van der Waals surface area contributed by atoms with Crippen molar-refractivity contribution in [3.8, 4) is 34.5 Å². The van der Waals surface area contributed by atoms with Gasteiger partial charge in [0, 0.05) is 24.3 Å². The molecule has 0 unspecified atom stereocenters. The summed E-state index contributed by atoms with van der Waals surface area (Å²) in [5.41, 5.74) is 2.13. The average molecular weight is 429 g/mol. The summed E-state index contributed by atoms with van der Waals surface area (Å²) in [6.45, 7) is 0.535. The van der Waals surface area contributed by atoms with E-state index in [1.165, 1.54) is 0 Å². The highest BCUT2D eigenvalue weighted by Gasteiger charge is 2.29. The van der Waals surface area contributed by atoms with Crippen LogP contribution in [0.3, 0.4) is 0 Å². The Morgan fingerprint density at radius 3 is 1.58 bits per heavy atom. The molecule has 2 aromatic rings. The fraction of sp³-hybridized carbons (Fsp3) is 0.348. The van der Waals surface area contributed by atoms with Crippen LogP contribution in [0, 0.1) is 0 Å². The summed E-state index contributed by atoms with van der Waals surface area (Å²) >= 11 is 0. The summed E-state index contributed by atoms with van der Waals surface area (Å²) in [5, 5.41) is 0. The molecule has 0 N–H and O–H groups in total. The number of carbonyl (C=O) groups is 1. The summed E-state index contributed by atoms with van der Waals surface area (Å²) in [6, 6.07) is 7.15. The van der Waals surface area contributed by atoms with E-state index in [4.69, 9.17) is 28.4 Å². The van der Waals surface area contributed by atoms with Gasteiger partial charge in [0.05, 0.1) is 48.3 Å². The molecule has 1 aliphatic heterocycles. The van der Waals surface area contributed by atoms with Crippen molar-refractivity contribution in [3.63, 3.8) is 0 Å². The van der Waals surface area contributed by atoms with Crippen molar-refractivity contribution in [2.45, 2.75) is 6.42 Å². The lowest BCUT2D eigenvalue weighted by molar-refractivity contribution is -0.114. The van der Waals surface area contributed by atoms with Crippen LogP contribution in [0.4, 0.5) is 5.69 Å². The molecule has 166 valence electrons. The van der Waals surface area contributed by atoms with E-state index in [1.54, 1.807) is 59.7 Å². The lowest BCUT2D eigenvalue weighted by atomic mass is 10.1. The minimum Gasteiger partial charge on any atom is -0.493 e. The molecule has 0 bridgehead atoms. The fourth-order valence-corrected chi connectivity index (χ4v) is 3.60. The Bertz CT molecular complexity index is 949. The Morgan fingerprint density at radius 2 is 1.16 bits per heavy atom. The van der Waals surface area contributed by atoms with Gasteiger partial charge in [-0.05, 0) is 30.2 Å². The molecule has 1 aliphatic rings. The van der Waals surface area contributed by atoms with E-state index in [0.717, 1.165) is 5.56 Å². The molecule has 8 heteroatoms. The second-order valence-electron chi connectivity index (χ2n) is 6.72. The molecule has 0 aliphatic carbocycles. The average Bonchev–Trinajstić information content (AvgIpc) is 3.16. The largest absolute Gasteiger partial charge is 0.493 e. The quantitative estimate of drug-likeness (QED) is 0.594. The molecule has 1 amide bonds. The van der Waals surface area contributed by atoms with Crippen molar-refractivity contribution in [1.29, 1.82) is 0 Å². The van der Waals surface area contributed by atoms with Crippen LogP contribution in [-0.2, 0) is 4.79 Å². The molecule has 0 spiro atoms. The number of methoxy groups -OCH3 is 6. The molecule has 3 rings (SSSR count). The summed E-state index contributed by atoms with van der Waals surface area (Å²) in [7, 11) is 9.29. The molecule has 0 radical (unpaired) electrons. The molecule has 8 nitrogen and oxygen atoms in total. The van der Waals surface area contributed by atoms with E-state index in [2.05, 4.69) is 0 Å². The maximum Gasteiger partial charge on any atom is 0.254 e. The molecule has 1 saturated heterocycles. The number of carbonyl (C=O) groups excluding carboxylic acids is 1. The third kappa shape index (κ3) is 4.19. The Labute approximate surface area is 181 Å². The van der Waals surface area contributed by atoms with Gasteiger partial charge in [-0.25, -0.2) is 0 Å². The number of benzene rings is 2. The van der Waals surface area contributed by atoms with Crippen LogP contribution in [0.15, 0.2) is 29.8 Å². The third-order valence-electron chi connectivity index (χ3n) is 5.11. The Balaban J connectivity index is 1.96. The Hall–Kier alpha value is -3.55. The van der Waals surface area contributed by atoms with E-state index in [0.29, 0.717) is 58.7 Å². The molecule has 0 aromatic heterocycles. The molecule has 31 heavy (non-hydrogen) atoms. The molecular formula is C23H27NO7. The van der Waals surface area contributed by atoms with Crippen molar-refractivity contribution in [2.75, 3.05) is 54.1 Å². The first-order valence-corrected chi connectivity index (χ1v) is 9.63. The Kier molecular flexibility index (Phi) is 6.79. The highest BCUT2D eigenvalue weighted by molar-refractivity contribution is 6.11. The van der Waals surface area contributed by atoms with Crippen molar-refractivity contribution in [2.24, 2.45) is 0 Å². The topological polar surface area (TPSA) is 75.7 Å². The number of anilines is 1. The van der Waals surface area contributed by atoms with Gasteiger partial charge in [-0.2, -0.15) is 0 Å². The minimum absolute atomic E-state index is 0.0944. The van der Waals surface area contributed by atoms with Gasteiger partial charge < -0.3 is 33.3 Å². The predicted octanol–water partition coefficient (Wildman–Crippen LogP) is 3.56. The van der Waals surface area contributed by atoms with Crippen molar-refractivity contribution < 1.29 is 33.2 Å². The van der Waals surface area contributed by atoms with Gasteiger partial charge in [0.25, 0.3) is 5.91 Å². The number of hydrogen-bond acceptors (Lipinski definition) is 7. The second kappa shape index (κ2) is 9.51. The lowest BCUT2D eigenvalue weighted by Gasteiger charge is -2.19. The maximum atomic E-state index is 13.2. The normalized spacial score (nSPS) is 14.6. The van der Waals surface area contributed by atoms with E-state index >= 15 is 0 Å². The van der Waals surface area contributed by atoms with Crippen LogP contribution in [-0.4, -0.2) is 55.1 Å². The van der Waals surface area contributed by atoms with Gasteiger partial charge in [-0.1, -0.05) is 0 Å². The summed E-state index contributed by atoms with van der Waals surface area (Å²) in [5.74, 6) is 2.93.